The van der Waals surface area contributed by atoms with Crippen molar-refractivity contribution < 1.29 is 4.42 Å². The van der Waals surface area contributed by atoms with E-state index in [0.29, 0.717) is 22.0 Å². The molecule has 21 heavy (non-hydrogen) atoms. The van der Waals surface area contributed by atoms with Gasteiger partial charge in [-0.05, 0) is 33.1 Å². The van der Waals surface area contributed by atoms with Crippen LogP contribution in [0.2, 0.25) is 0 Å². The summed E-state index contributed by atoms with van der Waals surface area (Å²) < 4.78 is 7.26. The molecule has 0 amide bonds. The van der Waals surface area contributed by atoms with Crippen molar-refractivity contribution in [2.24, 2.45) is 0 Å². The highest BCUT2D eigenvalue weighted by Gasteiger charge is 2.18. The Hall–Kier alpha value is -1.61. The Morgan fingerprint density at radius 1 is 1.24 bits per heavy atom. The van der Waals surface area contributed by atoms with E-state index in [0.717, 1.165) is 11.4 Å². The van der Waals surface area contributed by atoms with Gasteiger partial charge in [0.2, 0.25) is 11.0 Å². The topological polar surface area (TPSA) is 82.0 Å². The minimum atomic E-state index is -0.0165. The fourth-order valence-electron chi connectivity index (χ4n) is 1.87. The molecule has 3 aromatic heterocycles. The summed E-state index contributed by atoms with van der Waals surface area (Å²) in [4.78, 5) is 8.81. The quantitative estimate of drug-likeness (QED) is 0.678. The first kappa shape index (κ1) is 14.3. The Labute approximate surface area is 130 Å². The predicted molar refractivity (Wildman–Crippen MR) is 80.6 cm³/mol. The van der Waals surface area contributed by atoms with Gasteiger partial charge in [0.05, 0.1) is 5.25 Å². The Morgan fingerprint density at radius 2 is 2.05 bits per heavy atom. The van der Waals surface area contributed by atoms with E-state index >= 15 is 0 Å². The van der Waals surface area contributed by atoms with Crippen molar-refractivity contribution in [1.82, 2.24) is 29.8 Å². The van der Waals surface area contributed by atoms with Crippen LogP contribution in [0.5, 0.6) is 0 Å². The highest BCUT2D eigenvalue weighted by Crippen LogP contribution is 2.33. The average Bonchev–Trinajstić information content (AvgIpc) is 3.04. The van der Waals surface area contributed by atoms with Gasteiger partial charge in [-0.2, -0.15) is 4.98 Å². The average molecular weight is 322 g/mol. The minimum Gasteiger partial charge on any atom is -0.415 e. The molecule has 9 heteroatoms. The molecule has 0 aliphatic rings. The number of fused-ring (bicyclic) bond motifs is 1. The summed E-state index contributed by atoms with van der Waals surface area (Å²) in [5.41, 5.74) is 1.94. The lowest BCUT2D eigenvalue weighted by Crippen LogP contribution is -1.97. The van der Waals surface area contributed by atoms with Crippen molar-refractivity contribution in [3.8, 4) is 0 Å². The molecule has 0 saturated carbocycles. The number of thioether (sulfide) groups is 2. The maximum Gasteiger partial charge on any atom is 0.276 e. The summed E-state index contributed by atoms with van der Waals surface area (Å²) in [6.07, 6.45) is 1.90. The molecule has 7 nitrogen and oxygen atoms in total. The summed E-state index contributed by atoms with van der Waals surface area (Å²) in [5.74, 6) is 1.18. The van der Waals surface area contributed by atoms with E-state index in [9.17, 15) is 0 Å². The summed E-state index contributed by atoms with van der Waals surface area (Å²) in [5, 5.41) is 13.6. The van der Waals surface area contributed by atoms with Crippen LogP contribution in [-0.4, -0.2) is 36.0 Å². The molecule has 0 N–H and O–H groups in total. The van der Waals surface area contributed by atoms with E-state index in [1.54, 1.807) is 4.52 Å². The first-order valence-electron chi connectivity index (χ1n) is 6.32. The third-order valence-electron chi connectivity index (χ3n) is 2.83. The van der Waals surface area contributed by atoms with E-state index in [1.807, 2.05) is 33.1 Å². The third kappa shape index (κ3) is 2.88. The zero-order valence-corrected chi connectivity index (χ0v) is 13.7. The van der Waals surface area contributed by atoms with Crippen molar-refractivity contribution in [2.75, 3.05) is 6.26 Å². The van der Waals surface area contributed by atoms with Gasteiger partial charge in [-0.3, -0.25) is 0 Å². The van der Waals surface area contributed by atoms with Gasteiger partial charge in [0, 0.05) is 11.4 Å². The molecule has 3 heterocycles. The second-order valence-electron chi connectivity index (χ2n) is 4.52. The molecule has 110 valence electrons. The summed E-state index contributed by atoms with van der Waals surface area (Å²) in [6, 6.07) is 1.97. The molecule has 0 aliphatic carbocycles. The van der Waals surface area contributed by atoms with Gasteiger partial charge in [-0.25, -0.2) is 9.50 Å². The summed E-state index contributed by atoms with van der Waals surface area (Å²) in [7, 11) is 0. The van der Waals surface area contributed by atoms with E-state index in [1.165, 1.54) is 23.5 Å². The normalized spacial score (nSPS) is 13.0. The largest absolute Gasteiger partial charge is 0.415 e. The zero-order chi connectivity index (χ0) is 15.0. The fourth-order valence-corrected chi connectivity index (χ4v) is 2.94. The van der Waals surface area contributed by atoms with Gasteiger partial charge < -0.3 is 4.42 Å². The lowest BCUT2D eigenvalue weighted by Gasteiger charge is -2.01. The van der Waals surface area contributed by atoms with Crippen molar-refractivity contribution in [2.45, 2.75) is 36.4 Å². The first-order chi connectivity index (χ1) is 10.1. The lowest BCUT2D eigenvalue weighted by atomic mass is 10.4. The molecule has 1 atom stereocenters. The van der Waals surface area contributed by atoms with Crippen LogP contribution in [0.4, 0.5) is 0 Å². The van der Waals surface area contributed by atoms with E-state index < -0.39 is 0 Å². The maximum absolute atomic E-state index is 5.53. The second kappa shape index (κ2) is 5.64. The summed E-state index contributed by atoms with van der Waals surface area (Å²) in [6.45, 7) is 5.91. The highest BCUT2D eigenvalue weighted by molar-refractivity contribution is 7.99. The number of nitrogens with zero attached hydrogens (tertiary/aromatic N) is 6. The Kier molecular flexibility index (Phi) is 3.85. The van der Waals surface area contributed by atoms with Gasteiger partial charge in [-0.15, -0.1) is 15.3 Å². The number of hydrogen-bond donors (Lipinski definition) is 0. The molecule has 0 fully saturated rings. The number of rotatable bonds is 4. The third-order valence-corrected chi connectivity index (χ3v) is 4.28. The van der Waals surface area contributed by atoms with E-state index in [2.05, 4.69) is 25.3 Å². The molecule has 3 aromatic rings. The van der Waals surface area contributed by atoms with Crippen molar-refractivity contribution in [3.05, 3.63) is 23.3 Å². The molecule has 0 aromatic carbocycles. The van der Waals surface area contributed by atoms with Gasteiger partial charge in [0.15, 0.2) is 0 Å². The zero-order valence-electron chi connectivity index (χ0n) is 12.1. The second-order valence-corrected chi connectivity index (χ2v) is 6.58. The van der Waals surface area contributed by atoms with Crippen LogP contribution >= 0.6 is 23.5 Å². The fraction of sp³-hybridized carbons (Fsp3) is 0.417. The molecular weight excluding hydrogens is 308 g/mol. The van der Waals surface area contributed by atoms with Crippen LogP contribution in [0.3, 0.4) is 0 Å². The molecule has 0 radical (unpaired) electrons. The van der Waals surface area contributed by atoms with Crippen LogP contribution in [0.1, 0.15) is 29.5 Å². The molecule has 0 bridgehead atoms. The van der Waals surface area contributed by atoms with Crippen LogP contribution in [-0.2, 0) is 0 Å². The molecule has 1 unspecified atom stereocenters. The Morgan fingerprint density at radius 3 is 2.76 bits per heavy atom. The molecular formula is C12H14N6OS2. The smallest absolute Gasteiger partial charge is 0.276 e. The van der Waals surface area contributed by atoms with Crippen LogP contribution in [0.15, 0.2) is 20.9 Å². The SMILES string of the molecule is CSc1nnc(C(C)Sc2nc3nc(C)cc(C)n3n2)o1. The number of aryl methyl sites for hydroxylation is 2. The monoisotopic (exact) mass is 322 g/mol. The lowest BCUT2D eigenvalue weighted by molar-refractivity contribution is 0.415. The summed E-state index contributed by atoms with van der Waals surface area (Å²) >= 11 is 2.90. The highest BCUT2D eigenvalue weighted by atomic mass is 32.2. The Balaban J connectivity index is 1.85. The van der Waals surface area contributed by atoms with Crippen LogP contribution in [0, 0.1) is 13.8 Å². The van der Waals surface area contributed by atoms with Crippen LogP contribution in [0.25, 0.3) is 5.78 Å². The molecule has 3 rings (SSSR count). The van der Waals surface area contributed by atoms with Crippen molar-refractivity contribution in [3.63, 3.8) is 0 Å². The van der Waals surface area contributed by atoms with Gasteiger partial charge >= 0.3 is 0 Å². The van der Waals surface area contributed by atoms with Crippen LogP contribution < -0.4 is 0 Å². The Bertz CT molecular complexity index is 783. The minimum absolute atomic E-state index is 0.0165. The van der Waals surface area contributed by atoms with Gasteiger partial charge in [-0.1, -0.05) is 23.5 Å². The van der Waals surface area contributed by atoms with E-state index in [-0.39, 0.29) is 5.25 Å². The molecule has 0 spiro atoms. The van der Waals surface area contributed by atoms with Crippen molar-refractivity contribution >= 4 is 29.3 Å². The van der Waals surface area contributed by atoms with Crippen molar-refractivity contribution in [1.29, 1.82) is 0 Å². The molecule has 0 saturated heterocycles. The number of hydrogen-bond acceptors (Lipinski definition) is 8. The van der Waals surface area contributed by atoms with Gasteiger partial charge in [0.1, 0.15) is 0 Å². The van der Waals surface area contributed by atoms with Gasteiger partial charge in [0.25, 0.3) is 11.0 Å². The number of aromatic nitrogens is 6. The maximum atomic E-state index is 5.53. The predicted octanol–water partition coefficient (Wildman–Crippen LogP) is 2.70. The standard InChI is InChI=1S/C12H14N6OS2/c1-6-5-7(2)18-10(13-6)14-11(17-18)21-8(3)9-15-16-12(19-9)20-4/h5,8H,1-4H3. The van der Waals surface area contributed by atoms with E-state index in [4.69, 9.17) is 4.42 Å². The molecule has 0 aliphatic heterocycles. The first-order valence-corrected chi connectivity index (χ1v) is 8.42.